The van der Waals surface area contributed by atoms with Crippen LogP contribution in [-0.4, -0.2) is 41.6 Å². The minimum absolute atomic E-state index is 0.0122. The number of carbonyl (C=O) groups excluding carboxylic acids is 1. The van der Waals surface area contributed by atoms with E-state index < -0.39 is 0 Å². The number of anilines is 3. The third-order valence-electron chi connectivity index (χ3n) is 4.82. The number of halogens is 1. The second-order valence-electron chi connectivity index (χ2n) is 7.42. The zero-order valence-corrected chi connectivity index (χ0v) is 17.8. The molecule has 1 aromatic carbocycles. The van der Waals surface area contributed by atoms with Crippen LogP contribution in [0.1, 0.15) is 44.6 Å². The molecule has 1 atom stereocenters. The van der Waals surface area contributed by atoms with Crippen molar-refractivity contribution in [2.45, 2.75) is 45.1 Å². The first-order chi connectivity index (χ1) is 15.1. The van der Waals surface area contributed by atoms with E-state index in [0.29, 0.717) is 48.4 Å². The van der Waals surface area contributed by atoms with E-state index >= 15 is 0 Å². The number of carbonyl (C=O) groups is 1. The molecule has 3 rings (SSSR count). The maximum absolute atomic E-state index is 13.4. The van der Waals surface area contributed by atoms with E-state index in [4.69, 9.17) is 0 Å². The number of hydrogen-bond acceptors (Lipinski definition) is 6. The van der Waals surface area contributed by atoms with Crippen LogP contribution >= 0.6 is 0 Å². The number of nitrogens with zero attached hydrogens (tertiary/aromatic N) is 2. The molecule has 4 N–H and O–H groups in total. The molecule has 1 aliphatic rings. The number of hydrogen-bond donors (Lipinski definition) is 4. The molecule has 1 amide bonds. The molecule has 0 unspecified atom stereocenters. The molecular formula is C23H29FN6O. The highest BCUT2D eigenvalue weighted by Crippen LogP contribution is 2.18. The number of aromatic nitrogens is 2. The zero-order valence-electron chi connectivity index (χ0n) is 17.8. The molecule has 1 fully saturated rings. The average molecular weight is 425 g/mol. The van der Waals surface area contributed by atoms with Gasteiger partial charge in [-0.25, -0.2) is 9.37 Å². The molecule has 0 aliphatic carbocycles. The van der Waals surface area contributed by atoms with Crippen molar-refractivity contribution in [1.82, 2.24) is 20.6 Å². The minimum atomic E-state index is -0.333. The van der Waals surface area contributed by atoms with Crippen LogP contribution in [0.2, 0.25) is 0 Å². The van der Waals surface area contributed by atoms with Crippen LogP contribution in [-0.2, 0) is 4.79 Å². The Balaban J connectivity index is 1.57. The molecule has 0 radical (unpaired) electrons. The van der Waals surface area contributed by atoms with E-state index in [0.717, 1.165) is 25.9 Å². The summed E-state index contributed by atoms with van der Waals surface area (Å²) in [5.74, 6) is 6.74. The largest absolute Gasteiger partial charge is 0.369 e. The quantitative estimate of drug-likeness (QED) is 0.462. The fourth-order valence-electron chi connectivity index (χ4n) is 3.20. The first-order valence-corrected chi connectivity index (χ1v) is 10.8. The fraction of sp³-hybridized carbons (Fsp3) is 0.435. The van der Waals surface area contributed by atoms with Crippen molar-refractivity contribution < 1.29 is 9.18 Å². The highest BCUT2D eigenvalue weighted by molar-refractivity contribution is 5.76. The van der Waals surface area contributed by atoms with Gasteiger partial charge < -0.3 is 21.3 Å². The van der Waals surface area contributed by atoms with E-state index in [1.807, 2.05) is 0 Å². The molecule has 2 aromatic rings. The Labute approximate surface area is 182 Å². The molecule has 0 bridgehead atoms. The van der Waals surface area contributed by atoms with Crippen LogP contribution in [0, 0.1) is 17.7 Å². The van der Waals surface area contributed by atoms with Crippen LogP contribution in [0.5, 0.6) is 0 Å². The van der Waals surface area contributed by atoms with Crippen LogP contribution in [0.15, 0.2) is 30.5 Å². The number of rotatable bonds is 9. The first kappa shape index (κ1) is 22.5. The van der Waals surface area contributed by atoms with Gasteiger partial charge in [0.15, 0.2) is 0 Å². The van der Waals surface area contributed by atoms with Gasteiger partial charge in [-0.05, 0) is 44.0 Å². The van der Waals surface area contributed by atoms with Crippen molar-refractivity contribution in [3.8, 4) is 11.8 Å². The summed E-state index contributed by atoms with van der Waals surface area (Å²) in [7, 11) is 0. The minimum Gasteiger partial charge on any atom is -0.369 e. The van der Waals surface area contributed by atoms with E-state index in [1.54, 1.807) is 18.3 Å². The monoisotopic (exact) mass is 424 g/mol. The Bertz CT molecular complexity index is 933. The second-order valence-corrected chi connectivity index (χ2v) is 7.42. The van der Waals surface area contributed by atoms with Gasteiger partial charge in [0.25, 0.3) is 0 Å². The molecule has 1 aliphatic heterocycles. The van der Waals surface area contributed by atoms with E-state index in [-0.39, 0.29) is 11.7 Å². The summed E-state index contributed by atoms with van der Waals surface area (Å²) in [6.07, 6.45) is 5.65. The van der Waals surface area contributed by atoms with Gasteiger partial charge in [0.05, 0.1) is 11.8 Å². The summed E-state index contributed by atoms with van der Waals surface area (Å²) >= 11 is 0. The second kappa shape index (κ2) is 11.9. The molecule has 8 heteroatoms. The van der Waals surface area contributed by atoms with Crippen LogP contribution in [0.3, 0.4) is 0 Å². The van der Waals surface area contributed by atoms with Crippen molar-refractivity contribution >= 4 is 23.4 Å². The van der Waals surface area contributed by atoms with E-state index in [2.05, 4.69) is 50.0 Å². The van der Waals surface area contributed by atoms with E-state index in [1.165, 1.54) is 18.6 Å². The lowest BCUT2D eigenvalue weighted by atomic mass is 10.2. The smallest absolute Gasteiger partial charge is 0.229 e. The summed E-state index contributed by atoms with van der Waals surface area (Å²) in [6, 6.07) is 6.51. The molecule has 1 aromatic heterocycles. The van der Waals surface area contributed by atoms with Gasteiger partial charge in [-0.2, -0.15) is 4.98 Å². The molecule has 31 heavy (non-hydrogen) atoms. The van der Waals surface area contributed by atoms with Crippen molar-refractivity contribution in [3.63, 3.8) is 0 Å². The lowest BCUT2D eigenvalue weighted by Crippen LogP contribution is -2.36. The van der Waals surface area contributed by atoms with E-state index in [9.17, 15) is 9.18 Å². The highest BCUT2D eigenvalue weighted by Gasteiger charge is 2.14. The molecular weight excluding hydrogens is 395 g/mol. The molecule has 1 saturated heterocycles. The zero-order chi connectivity index (χ0) is 21.9. The predicted molar refractivity (Wildman–Crippen MR) is 121 cm³/mol. The maximum Gasteiger partial charge on any atom is 0.229 e. The van der Waals surface area contributed by atoms with Gasteiger partial charge in [0, 0.05) is 37.7 Å². The highest BCUT2D eigenvalue weighted by atomic mass is 19.1. The summed E-state index contributed by atoms with van der Waals surface area (Å²) < 4.78 is 13.4. The van der Waals surface area contributed by atoms with Gasteiger partial charge in [-0.1, -0.05) is 24.8 Å². The number of amides is 1. The van der Waals surface area contributed by atoms with Crippen molar-refractivity contribution in [3.05, 3.63) is 41.8 Å². The molecule has 0 saturated carbocycles. The van der Waals surface area contributed by atoms with Gasteiger partial charge >= 0.3 is 0 Å². The summed E-state index contributed by atoms with van der Waals surface area (Å²) in [5, 5.41) is 12.6. The number of benzene rings is 1. The Morgan fingerprint density at radius 2 is 2.29 bits per heavy atom. The Kier molecular flexibility index (Phi) is 8.61. The summed E-state index contributed by atoms with van der Waals surface area (Å²) in [6.45, 7) is 4.50. The Hall–Kier alpha value is -3.18. The summed E-state index contributed by atoms with van der Waals surface area (Å²) in [4.78, 5) is 20.7. The molecule has 0 spiro atoms. The summed E-state index contributed by atoms with van der Waals surface area (Å²) in [5.41, 5.74) is 1.23. The topological polar surface area (TPSA) is 91.0 Å². The van der Waals surface area contributed by atoms with Crippen molar-refractivity contribution in [2.75, 3.05) is 30.3 Å². The average Bonchev–Trinajstić information content (AvgIpc) is 3.28. The lowest BCUT2D eigenvalue weighted by Gasteiger charge is -2.10. The first-order valence-electron chi connectivity index (χ1n) is 10.8. The van der Waals surface area contributed by atoms with Crippen molar-refractivity contribution in [2.24, 2.45) is 0 Å². The van der Waals surface area contributed by atoms with Gasteiger partial charge in [0.2, 0.25) is 11.9 Å². The van der Waals surface area contributed by atoms with Gasteiger partial charge in [-0.3, -0.25) is 4.79 Å². The van der Waals surface area contributed by atoms with Crippen LogP contribution < -0.4 is 21.3 Å². The number of nitrogens with one attached hydrogen (secondary N) is 4. The van der Waals surface area contributed by atoms with Crippen molar-refractivity contribution in [1.29, 1.82) is 0 Å². The standard InChI is InChI=1S/C23H29FN6O/c1-2-12-26-22-17(7-3-4-11-21(31)27-16-20-10-6-13-25-20)15-28-23(30-22)29-19-9-5-8-18(24)14-19/h5,8-9,14-15,20,25H,2,4,6,10-13,16H2,1H3,(H,27,31)(H2,26,28,29,30)/t20-/m0/s1. The third kappa shape index (κ3) is 7.54. The Morgan fingerprint density at radius 3 is 3.06 bits per heavy atom. The SMILES string of the molecule is CCCNc1nc(Nc2cccc(F)c2)ncc1C#CCCC(=O)NC[C@@H]1CCCN1. The van der Waals surface area contributed by atoms with Gasteiger partial charge in [-0.15, -0.1) is 0 Å². The molecule has 164 valence electrons. The third-order valence-corrected chi connectivity index (χ3v) is 4.82. The maximum atomic E-state index is 13.4. The molecule has 7 nitrogen and oxygen atoms in total. The normalized spacial score (nSPS) is 15.1. The van der Waals surface area contributed by atoms with Crippen LogP contribution in [0.25, 0.3) is 0 Å². The lowest BCUT2D eigenvalue weighted by molar-refractivity contribution is -0.121. The Morgan fingerprint density at radius 1 is 1.39 bits per heavy atom. The van der Waals surface area contributed by atoms with Gasteiger partial charge in [0.1, 0.15) is 11.6 Å². The molecule has 2 heterocycles. The fourth-order valence-corrected chi connectivity index (χ4v) is 3.20. The van der Waals surface area contributed by atoms with Crippen LogP contribution in [0.4, 0.5) is 21.8 Å². The predicted octanol–water partition coefficient (Wildman–Crippen LogP) is 3.18.